The minimum absolute atomic E-state index is 0. The van der Waals surface area contributed by atoms with Crippen molar-refractivity contribution in [1.29, 1.82) is 0 Å². The Hall–Kier alpha value is -0.350. The van der Waals surface area contributed by atoms with Crippen LogP contribution in [0.2, 0.25) is 5.02 Å². The second-order valence-electron chi connectivity index (χ2n) is 5.62. The molecule has 0 aliphatic carbocycles. The number of nitrogens with one attached hydrogen (secondary N) is 1. The smallest absolute Gasteiger partial charge is 0.127 e. The lowest BCUT2D eigenvalue weighted by Gasteiger charge is -2.23. The van der Waals surface area contributed by atoms with Gasteiger partial charge in [-0.15, -0.1) is 12.4 Å². The van der Waals surface area contributed by atoms with Crippen molar-refractivity contribution < 1.29 is 4.39 Å². The Morgan fingerprint density at radius 1 is 1.37 bits per heavy atom. The van der Waals surface area contributed by atoms with Gasteiger partial charge >= 0.3 is 0 Å². The number of hydrogen-bond donors (Lipinski definition) is 1. The molecule has 2 aliphatic rings. The Kier molecular flexibility index (Phi) is 4.72. The number of likely N-dealkylation sites (tertiary alicyclic amines) is 1. The highest BCUT2D eigenvalue weighted by Crippen LogP contribution is 2.36. The lowest BCUT2D eigenvalue weighted by Crippen LogP contribution is -2.29. The zero-order chi connectivity index (χ0) is 12.6. The Labute approximate surface area is 124 Å². The monoisotopic (exact) mass is 304 g/mol. The largest absolute Gasteiger partial charge is 0.316 e. The van der Waals surface area contributed by atoms with Gasteiger partial charge in [-0.05, 0) is 49.5 Å². The molecule has 1 unspecified atom stereocenters. The van der Waals surface area contributed by atoms with Crippen LogP contribution in [0.15, 0.2) is 18.2 Å². The van der Waals surface area contributed by atoms with E-state index >= 15 is 0 Å². The summed E-state index contributed by atoms with van der Waals surface area (Å²) in [5.41, 5.74) is 1.15. The van der Waals surface area contributed by atoms with Crippen LogP contribution in [-0.2, 0) is 6.54 Å². The van der Waals surface area contributed by atoms with Crippen LogP contribution in [0, 0.1) is 11.2 Å². The van der Waals surface area contributed by atoms with Gasteiger partial charge in [0, 0.05) is 30.2 Å². The molecular weight excluding hydrogens is 286 g/mol. The van der Waals surface area contributed by atoms with Gasteiger partial charge in [-0.1, -0.05) is 11.6 Å². The summed E-state index contributed by atoms with van der Waals surface area (Å²) in [5, 5.41) is 4.05. The van der Waals surface area contributed by atoms with Gasteiger partial charge in [0.2, 0.25) is 0 Å². The standard InChI is InChI=1S/C14H18ClFN2.ClH/c15-12-1-2-13(16)11(7-12)8-18-6-4-14(10-18)3-5-17-9-14;/h1-2,7,17H,3-6,8-10H2;1H. The van der Waals surface area contributed by atoms with E-state index in [1.807, 2.05) is 0 Å². The molecule has 2 saturated heterocycles. The average Bonchev–Trinajstić information content (AvgIpc) is 2.95. The highest BCUT2D eigenvalue weighted by molar-refractivity contribution is 6.30. The van der Waals surface area contributed by atoms with E-state index in [2.05, 4.69) is 10.2 Å². The van der Waals surface area contributed by atoms with Gasteiger partial charge in [-0.3, -0.25) is 4.90 Å². The van der Waals surface area contributed by atoms with Gasteiger partial charge in [0.15, 0.2) is 0 Å². The molecule has 5 heteroatoms. The Bertz CT molecular complexity index is 447. The van der Waals surface area contributed by atoms with Crippen LogP contribution in [0.3, 0.4) is 0 Å². The molecule has 1 aromatic carbocycles. The number of nitrogens with zero attached hydrogens (tertiary/aromatic N) is 1. The maximum atomic E-state index is 13.7. The van der Waals surface area contributed by atoms with Crippen LogP contribution in [0.4, 0.5) is 4.39 Å². The number of hydrogen-bond acceptors (Lipinski definition) is 2. The fourth-order valence-corrected chi connectivity index (χ4v) is 3.41. The molecule has 2 aliphatic heterocycles. The summed E-state index contributed by atoms with van der Waals surface area (Å²) in [6.07, 6.45) is 2.48. The first-order valence-electron chi connectivity index (χ1n) is 6.54. The van der Waals surface area contributed by atoms with E-state index in [1.54, 1.807) is 12.1 Å². The van der Waals surface area contributed by atoms with Crippen molar-refractivity contribution in [2.24, 2.45) is 5.41 Å². The highest BCUT2D eigenvalue weighted by Gasteiger charge is 2.40. The molecule has 1 spiro atoms. The van der Waals surface area contributed by atoms with E-state index < -0.39 is 0 Å². The van der Waals surface area contributed by atoms with Gasteiger partial charge in [-0.25, -0.2) is 4.39 Å². The highest BCUT2D eigenvalue weighted by atomic mass is 35.5. The van der Waals surface area contributed by atoms with E-state index in [0.29, 0.717) is 22.5 Å². The van der Waals surface area contributed by atoms with Gasteiger partial charge in [0.25, 0.3) is 0 Å². The maximum Gasteiger partial charge on any atom is 0.127 e. The zero-order valence-corrected chi connectivity index (χ0v) is 12.4. The van der Waals surface area contributed by atoms with Crippen molar-refractivity contribution in [2.75, 3.05) is 26.2 Å². The normalized spacial score (nSPS) is 26.8. The summed E-state index contributed by atoms with van der Waals surface area (Å²) >= 11 is 5.93. The van der Waals surface area contributed by atoms with E-state index in [0.717, 1.165) is 26.2 Å². The third kappa shape index (κ3) is 3.22. The average molecular weight is 305 g/mol. The first-order chi connectivity index (χ1) is 8.67. The van der Waals surface area contributed by atoms with Crippen LogP contribution in [-0.4, -0.2) is 31.1 Å². The number of rotatable bonds is 2. The fraction of sp³-hybridized carbons (Fsp3) is 0.571. The van der Waals surface area contributed by atoms with Gasteiger partial charge < -0.3 is 5.32 Å². The van der Waals surface area contributed by atoms with E-state index in [4.69, 9.17) is 11.6 Å². The molecule has 2 fully saturated rings. The van der Waals surface area contributed by atoms with Crippen LogP contribution in [0.25, 0.3) is 0 Å². The molecule has 0 aromatic heterocycles. The molecule has 2 nitrogen and oxygen atoms in total. The summed E-state index contributed by atoms with van der Waals surface area (Å²) < 4.78 is 13.7. The second kappa shape index (κ2) is 5.96. The number of halogens is 3. The number of benzene rings is 1. The molecular formula is C14H19Cl2FN2. The first kappa shape index (κ1) is 15.0. The van der Waals surface area contributed by atoms with Crippen molar-refractivity contribution in [2.45, 2.75) is 19.4 Å². The van der Waals surface area contributed by atoms with Crippen molar-refractivity contribution in [1.82, 2.24) is 10.2 Å². The van der Waals surface area contributed by atoms with Crippen molar-refractivity contribution in [3.63, 3.8) is 0 Å². The molecule has 19 heavy (non-hydrogen) atoms. The summed E-state index contributed by atoms with van der Waals surface area (Å²) in [6.45, 7) is 5.05. The topological polar surface area (TPSA) is 15.3 Å². The van der Waals surface area contributed by atoms with Crippen molar-refractivity contribution in [3.05, 3.63) is 34.6 Å². The third-order valence-corrected chi connectivity index (χ3v) is 4.49. The summed E-state index contributed by atoms with van der Waals surface area (Å²) in [4.78, 5) is 2.35. The summed E-state index contributed by atoms with van der Waals surface area (Å²) in [7, 11) is 0. The molecule has 1 atom stereocenters. The predicted molar refractivity (Wildman–Crippen MR) is 78.5 cm³/mol. The Balaban J connectivity index is 0.00000133. The minimum atomic E-state index is -0.148. The zero-order valence-electron chi connectivity index (χ0n) is 10.8. The SMILES string of the molecule is Cl.Fc1ccc(Cl)cc1CN1CCC2(CCNC2)C1. The third-order valence-electron chi connectivity index (χ3n) is 4.25. The quantitative estimate of drug-likeness (QED) is 0.903. The van der Waals surface area contributed by atoms with Crippen LogP contribution in [0.1, 0.15) is 18.4 Å². The van der Waals surface area contributed by atoms with Crippen LogP contribution < -0.4 is 5.32 Å². The lowest BCUT2D eigenvalue weighted by molar-refractivity contribution is 0.266. The first-order valence-corrected chi connectivity index (χ1v) is 6.92. The predicted octanol–water partition coefficient (Wildman–Crippen LogP) is 3.09. The molecule has 1 N–H and O–H groups in total. The summed E-state index contributed by atoms with van der Waals surface area (Å²) in [6, 6.07) is 4.81. The lowest BCUT2D eigenvalue weighted by atomic mass is 9.86. The second-order valence-corrected chi connectivity index (χ2v) is 6.06. The molecule has 0 bridgehead atoms. The van der Waals surface area contributed by atoms with Crippen LogP contribution in [0.5, 0.6) is 0 Å². The summed E-state index contributed by atoms with van der Waals surface area (Å²) in [5.74, 6) is -0.148. The van der Waals surface area contributed by atoms with E-state index in [1.165, 1.54) is 18.9 Å². The molecule has 0 saturated carbocycles. The molecule has 2 heterocycles. The Morgan fingerprint density at radius 2 is 2.21 bits per heavy atom. The molecule has 1 aromatic rings. The molecule has 3 rings (SSSR count). The van der Waals surface area contributed by atoms with Crippen molar-refractivity contribution >= 4 is 24.0 Å². The van der Waals surface area contributed by atoms with Gasteiger partial charge in [0.1, 0.15) is 5.82 Å². The maximum absolute atomic E-state index is 13.7. The van der Waals surface area contributed by atoms with E-state index in [9.17, 15) is 4.39 Å². The van der Waals surface area contributed by atoms with E-state index in [-0.39, 0.29) is 18.2 Å². The van der Waals surface area contributed by atoms with Crippen molar-refractivity contribution in [3.8, 4) is 0 Å². The molecule has 0 radical (unpaired) electrons. The van der Waals surface area contributed by atoms with Gasteiger partial charge in [-0.2, -0.15) is 0 Å². The minimum Gasteiger partial charge on any atom is -0.316 e. The van der Waals surface area contributed by atoms with Crippen LogP contribution >= 0.6 is 24.0 Å². The van der Waals surface area contributed by atoms with Gasteiger partial charge in [0.05, 0.1) is 0 Å². The molecule has 106 valence electrons. The molecule has 0 amide bonds. The Morgan fingerprint density at radius 3 is 2.95 bits per heavy atom. The fourth-order valence-electron chi connectivity index (χ4n) is 3.21.